The van der Waals surface area contributed by atoms with Gasteiger partial charge < -0.3 is 18.9 Å². The first-order chi connectivity index (χ1) is 15.4. The molecule has 0 N–H and O–H groups in total. The van der Waals surface area contributed by atoms with Gasteiger partial charge in [-0.25, -0.2) is 24.4 Å². The number of carbonyl (C=O) groups is 3. The molecule has 0 spiro atoms. The molecular formula is C23H36N4O7. The Morgan fingerprint density at radius 2 is 1.41 bits per heavy atom. The van der Waals surface area contributed by atoms with Crippen molar-refractivity contribution in [1.82, 2.24) is 14.9 Å². The van der Waals surface area contributed by atoms with Crippen LogP contribution in [0.5, 0.6) is 5.88 Å². The highest BCUT2D eigenvalue weighted by Crippen LogP contribution is 2.36. The predicted octanol–water partition coefficient (Wildman–Crippen LogP) is 4.84. The summed E-state index contributed by atoms with van der Waals surface area (Å²) < 4.78 is 21.6. The number of aromatic nitrogens is 2. The number of hydrogen-bond donors (Lipinski definition) is 0. The zero-order valence-corrected chi connectivity index (χ0v) is 21.7. The first kappa shape index (κ1) is 27.1. The summed E-state index contributed by atoms with van der Waals surface area (Å²) in [5, 5.41) is 0. The number of rotatable bonds is 3. The van der Waals surface area contributed by atoms with E-state index in [-0.39, 0.29) is 11.7 Å². The Morgan fingerprint density at radius 1 is 0.912 bits per heavy atom. The molecule has 0 bridgehead atoms. The number of imide groups is 1. The van der Waals surface area contributed by atoms with Gasteiger partial charge in [-0.1, -0.05) is 0 Å². The molecule has 11 nitrogen and oxygen atoms in total. The second-order valence-corrected chi connectivity index (χ2v) is 10.9. The highest BCUT2D eigenvalue weighted by Gasteiger charge is 2.40. The van der Waals surface area contributed by atoms with E-state index in [4.69, 9.17) is 18.9 Å². The van der Waals surface area contributed by atoms with Crippen molar-refractivity contribution in [3.63, 3.8) is 0 Å². The standard InChI is InChI=1S/C23H36N4O7/c1-21(2,3)32-18(28)26-12-11-15(26)14-13-24-17(31-10)16(25-14)27(19(29)33-22(4,5)6)20(30)34-23(7,8)9/h13,15H,11-12H2,1-10H3. The van der Waals surface area contributed by atoms with E-state index in [1.54, 1.807) is 62.3 Å². The van der Waals surface area contributed by atoms with Crippen LogP contribution in [-0.4, -0.2) is 63.6 Å². The van der Waals surface area contributed by atoms with Gasteiger partial charge in [0.05, 0.1) is 25.0 Å². The summed E-state index contributed by atoms with van der Waals surface area (Å²) in [5.41, 5.74) is -2.07. The number of ether oxygens (including phenoxy) is 4. The molecule has 3 amide bonds. The van der Waals surface area contributed by atoms with Crippen LogP contribution in [0.3, 0.4) is 0 Å². The van der Waals surface area contributed by atoms with Crippen molar-refractivity contribution >= 4 is 24.1 Å². The average Bonchev–Trinajstić information content (AvgIpc) is 2.56. The van der Waals surface area contributed by atoms with Gasteiger partial charge in [0.2, 0.25) is 5.82 Å². The molecule has 1 aliphatic rings. The SMILES string of the molecule is COc1ncc(C2CCN2C(=O)OC(C)(C)C)nc1N(C(=O)OC(C)(C)C)C(=O)OC(C)(C)C. The van der Waals surface area contributed by atoms with Crippen molar-refractivity contribution in [2.75, 3.05) is 18.6 Å². The van der Waals surface area contributed by atoms with E-state index in [0.29, 0.717) is 23.6 Å². The van der Waals surface area contributed by atoms with Crippen molar-refractivity contribution in [2.24, 2.45) is 0 Å². The molecular weight excluding hydrogens is 444 g/mol. The lowest BCUT2D eigenvalue weighted by atomic mass is 10.0. The smallest absolute Gasteiger partial charge is 0.425 e. The number of methoxy groups -OCH3 is 1. The zero-order valence-electron chi connectivity index (χ0n) is 21.7. The van der Waals surface area contributed by atoms with Crippen molar-refractivity contribution < 1.29 is 33.3 Å². The highest BCUT2D eigenvalue weighted by atomic mass is 16.6. The van der Waals surface area contributed by atoms with Crippen molar-refractivity contribution in [3.05, 3.63) is 11.9 Å². The van der Waals surface area contributed by atoms with Gasteiger partial charge in [0.1, 0.15) is 16.8 Å². The summed E-state index contributed by atoms with van der Waals surface area (Å²) >= 11 is 0. The third-order valence-electron chi connectivity index (χ3n) is 4.29. The third-order valence-corrected chi connectivity index (χ3v) is 4.29. The monoisotopic (exact) mass is 480 g/mol. The molecule has 1 atom stereocenters. The van der Waals surface area contributed by atoms with Crippen molar-refractivity contribution in [3.8, 4) is 5.88 Å². The Bertz CT molecular complexity index is 901. The maximum atomic E-state index is 13.0. The number of nitrogens with zero attached hydrogens (tertiary/aromatic N) is 4. The summed E-state index contributed by atoms with van der Waals surface area (Å²) in [5.74, 6) is -0.275. The fraction of sp³-hybridized carbons (Fsp3) is 0.696. The van der Waals surface area contributed by atoms with Crippen LogP contribution >= 0.6 is 0 Å². The Hall–Kier alpha value is -3.11. The van der Waals surface area contributed by atoms with Gasteiger partial charge in [-0.2, -0.15) is 4.90 Å². The summed E-state index contributed by atoms with van der Waals surface area (Å²) in [6.07, 6.45) is -0.433. The molecule has 0 aliphatic carbocycles. The molecule has 1 saturated heterocycles. The largest absolute Gasteiger partial charge is 0.478 e. The maximum absolute atomic E-state index is 13.0. The number of amides is 3. The van der Waals surface area contributed by atoms with Gasteiger partial charge in [0, 0.05) is 6.54 Å². The molecule has 0 saturated carbocycles. The summed E-state index contributed by atoms with van der Waals surface area (Å²) in [7, 11) is 1.34. The van der Waals surface area contributed by atoms with E-state index in [0.717, 1.165) is 0 Å². The molecule has 11 heteroatoms. The predicted molar refractivity (Wildman–Crippen MR) is 124 cm³/mol. The highest BCUT2D eigenvalue weighted by molar-refractivity contribution is 6.09. The summed E-state index contributed by atoms with van der Waals surface area (Å²) in [4.78, 5) is 49.5. The van der Waals surface area contributed by atoms with Crippen LogP contribution in [0.15, 0.2) is 6.20 Å². The van der Waals surface area contributed by atoms with Crippen LogP contribution in [0, 0.1) is 0 Å². The normalized spacial score (nSPS) is 16.3. The minimum Gasteiger partial charge on any atom is -0.478 e. The molecule has 1 unspecified atom stereocenters. The minimum atomic E-state index is -0.996. The molecule has 2 rings (SSSR count). The first-order valence-corrected chi connectivity index (χ1v) is 11.1. The second kappa shape index (κ2) is 9.63. The molecule has 34 heavy (non-hydrogen) atoms. The average molecular weight is 481 g/mol. The Balaban J connectivity index is 2.48. The van der Waals surface area contributed by atoms with Crippen LogP contribution in [0.2, 0.25) is 0 Å². The second-order valence-electron chi connectivity index (χ2n) is 10.9. The van der Waals surface area contributed by atoms with Crippen LogP contribution in [0.4, 0.5) is 20.2 Å². The Kier molecular flexibility index (Phi) is 7.69. The van der Waals surface area contributed by atoms with Crippen molar-refractivity contribution in [2.45, 2.75) is 91.6 Å². The quantitative estimate of drug-likeness (QED) is 0.559. The Morgan fingerprint density at radius 3 is 1.79 bits per heavy atom. The topological polar surface area (TPSA) is 120 Å². The lowest BCUT2D eigenvalue weighted by molar-refractivity contribution is -0.00670. The molecule has 1 aromatic rings. The van der Waals surface area contributed by atoms with Gasteiger partial charge >= 0.3 is 18.3 Å². The van der Waals surface area contributed by atoms with Crippen molar-refractivity contribution in [1.29, 1.82) is 0 Å². The lowest BCUT2D eigenvalue weighted by Crippen LogP contribution is -2.48. The molecule has 1 aliphatic heterocycles. The van der Waals surface area contributed by atoms with E-state index in [9.17, 15) is 14.4 Å². The number of likely N-dealkylation sites (tertiary alicyclic amines) is 1. The van der Waals surface area contributed by atoms with E-state index >= 15 is 0 Å². The van der Waals surface area contributed by atoms with Crippen LogP contribution in [-0.2, 0) is 14.2 Å². The van der Waals surface area contributed by atoms with E-state index in [1.165, 1.54) is 18.2 Å². The Labute approximate surface area is 200 Å². The molecule has 0 aromatic carbocycles. The summed E-state index contributed by atoms with van der Waals surface area (Å²) in [6.45, 7) is 15.9. The number of anilines is 1. The van der Waals surface area contributed by atoms with E-state index in [1.807, 2.05) is 0 Å². The van der Waals surface area contributed by atoms with Crippen LogP contribution < -0.4 is 9.64 Å². The zero-order chi connectivity index (χ0) is 26.1. The maximum Gasteiger partial charge on any atom is 0.425 e. The van der Waals surface area contributed by atoms with Gasteiger partial charge in [0.15, 0.2) is 0 Å². The van der Waals surface area contributed by atoms with E-state index in [2.05, 4.69) is 9.97 Å². The molecule has 190 valence electrons. The van der Waals surface area contributed by atoms with Crippen LogP contribution in [0.25, 0.3) is 0 Å². The molecule has 1 aromatic heterocycles. The summed E-state index contributed by atoms with van der Waals surface area (Å²) in [6, 6.07) is -0.439. The molecule has 1 fully saturated rings. The van der Waals surface area contributed by atoms with Gasteiger partial charge in [-0.15, -0.1) is 0 Å². The third kappa shape index (κ3) is 7.19. The fourth-order valence-electron chi connectivity index (χ4n) is 2.93. The molecule has 2 heterocycles. The van der Waals surface area contributed by atoms with Gasteiger partial charge in [-0.3, -0.25) is 4.90 Å². The van der Waals surface area contributed by atoms with E-state index < -0.39 is 41.1 Å². The first-order valence-electron chi connectivity index (χ1n) is 11.1. The van der Waals surface area contributed by atoms with Crippen LogP contribution in [0.1, 0.15) is 80.5 Å². The minimum absolute atomic E-state index is 0.0800. The number of carbonyl (C=O) groups excluding carboxylic acids is 3. The lowest BCUT2D eigenvalue weighted by Gasteiger charge is -2.41. The number of hydrogen-bond acceptors (Lipinski definition) is 9. The van der Waals surface area contributed by atoms with Gasteiger partial charge in [0.25, 0.3) is 5.88 Å². The fourth-order valence-corrected chi connectivity index (χ4v) is 2.93. The molecule has 0 radical (unpaired) electrons. The van der Waals surface area contributed by atoms with Gasteiger partial charge in [-0.05, 0) is 68.7 Å².